The fraction of sp³-hybridized carbons (Fsp3) is 0.381. The highest BCUT2D eigenvalue weighted by molar-refractivity contribution is 6.31. The van der Waals surface area contributed by atoms with Crippen LogP contribution in [0.2, 0.25) is 10.0 Å². The number of aromatic nitrogens is 2. The number of likely N-dealkylation sites (tertiary alicyclic amines) is 1. The molecule has 0 atom stereocenters. The third-order valence-corrected chi connectivity index (χ3v) is 5.73. The maximum atomic E-state index is 6.26. The van der Waals surface area contributed by atoms with Gasteiger partial charge in [-0.3, -0.25) is 4.90 Å². The second-order valence-corrected chi connectivity index (χ2v) is 8.21. The summed E-state index contributed by atoms with van der Waals surface area (Å²) in [4.78, 5) is 7.43. The summed E-state index contributed by atoms with van der Waals surface area (Å²) in [6.07, 6.45) is 2.53. The monoisotopic (exact) mass is 387 g/mol. The van der Waals surface area contributed by atoms with E-state index >= 15 is 0 Å². The minimum absolute atomic E-state index is 0.739. The number of nitrogens with zero attached hydrogens (tertiary/aromatic N) is 3. The Morgan fingerprint density at radius 2 is 1.77 bits per heavy atom. The van der Waals surface area contributed by atoms with Crippen LogP contribution in [0.1, 0.15) is 31.2 Å². The lowest BCUT2D eigenvalue weighted by Gasteiger charge is -2.30. The van der Waals surface area contributed by atoms with Crippen LogP contribution >= 0.6 is 23.2 Å². The molecule has 0 saturated carbocycles. The number of rotatable bonds is 4. The number of hydrogen-bond donors (Lipinski definition) is 0. The van der Waals surface area contributed by atoms with Crippen molar-refractivity contribution in [1.29, 1.82) is 0 Å². The van der Waals surface area contributed by atoms with Crippen molar-refractivity contribution < 1.29 is 0 Å². The maximum Gasteiger partial charge on any atom is 0.124 e. The number of hydrogen-bond acceptors (Lipinski definition) is 2. The van der Waals surface area contributed by atoms with Crippen LogP contribution in [0, 0.1) is 5.92 Å². The van der Waals surface area contributed by atoms with Crippen molar-refractivity contribution in [2.24, 2.45) is 5.92 Å². The molecular weight excluding hydrogens is 365 g/mol. The highest BCUT2D eigenvalue weighted by Crippen LogP contribution is 2.25. The van der Waals surface area contributed by atoms with Crippen LogP contribution < -0.4 is 0 Å². The molecule has 1 aliphatic rings. The van der Waals surface area contributed by atoms with Crippen molar-refractivity contribution in [3.8, 4) is 0 Å². The van der Waals surface area contributed by atoms with Gasteiger partial charge in [-0.25, -0.2) is 4.98 Å². The van der Waals surface area contributed by atoms with Crippen molar-refractivity contribution in [3.05, 3.63) is 63.9 Å². The second kappa shape index (κ2) is 7.59. The van der Waals surface area contributed by atoms with Gasteiger partial charge in [-0.2, -0.15) is 0 Å². The van der Waals surface area contributed by atoms with E-state index in [4.69, 9.17) is 28.2 Å². The molecule has 0 aliphatic carbocycles. The summed E-state index contributed by atoms with van der Waals surface area (Å²) in [6, 6.07) is 14.0. The van der Waals surface area contributed by atoms with Crippen molar-refractivity contribution in [2.45, 2.75) is 32.9 Å². The van der Waals surface area contributed by atoms with E-state index in [1.165, 1.54) is 18.4 Å². The predicted molar refractivity (Wildman–Crippen MR) is 109 cm³/mol. The van der Waals surface area contributed by atoms with Gasteiger partial charge in [0.15, 0.2) is 0 Å². The fourth-order valence-corrected chi connectivity index (χ4v) is 4.06. The molecule has 4 rings (SSSR count). The smallest absolute Gasteiger partial charge is 0.124 e. The normalized spacial score (nSPS) is 16.4. The topological polar surface area (TPSA) is 21.1 Å². The Labute approximate surface area is 164 Å². The van der Waals surface area contributed by atoms with E-state index in [9.17, 15) is 0 Å². The molecule has 3 aromatic rings. The van der Waals surface area contributed by atoms with Crippen LogP contribution in [0.3, 0.4) is 0 Å². The molecule has 0 bridgehead atoms. The van der Waals surface area contributed by atoms with Gasteiger partial charge in [0.05, 0.1) is 17.6 Å². The second-order valence-electron chi connectivity index (χ2n) is 7.34. The average molecular weight is 388 g/mol. The molecule has 1 aliphatic heterocycles. The molecule has 0 radical (unpaired) electrons. The summed E-state index contributed by atoms with van der Waals surface area (Å²) in [5.74, 6) is 1.92. The van der Waals surface area contributed by atoms with Crippen LogP contribution in [0.15, 0.2) is 42.5 Å². The van der Waals surface area contributed by atoms with Gasteiger partial charge in [-0.1, -0.05) is 42.3 Å². The maximum absolute atomic E-state index is 6.26. The first-order valence-corrected chi connectivity index (χ1v) is 9.95. The van der Waals surface area contributed by atoms with E-state index in [0.717, 1.165) is 59.0 Å². The number of halogens is 2. The molecule has 26 heavy (non-hydrogen) atoms. The van der Waals surface area contributed by atoms with Gasteiger partial charge in [0, 0.05) is 16.6 Å². The average Bonchev–Trinajstić information content (AvgIpc) is 2.94. The lowest BCUT2D eigenvalue weighted by molar-refractivity contribution is 0.180. The van der Waals surface area contributed by atoms with Crippen LogP contribution in [-0.2, 0) is 13.1 Å². The minimum Gasteiger partial charge on any atom is -0.322 e. The van der Waals surface area contributed by atoms with Crippen LogP contribution in [0.25, 0.3) is 11.0 Å². The van der Waals surface area contributed by atoms with Crippen molar-refractivity contribution in [3.63, 3.8) is 0 Å². The highest BCUT2D eigenvalue weighted by Gasteiger charge is 2.19. The van der Waals surface area contributed by atoms with Crippen LogP contribution in [-0.4, -0.2) is 27.5 Å². The van der Waals surface area contributed by atoms with Crippen molar-refractivity contribution >= 4 is 34.2 Å². The molecule has 1 saturated heterocycles. The first kappa shape index (κ1) is 17.8. The molecule has 2 aromatic carbocycles. The van der Waals surface area contributed by atoms with E-state index in [2.05, 4.69) is 22.5 Å². The lowest BCUT2D eigenvalue weighted by atomic mass is 9.99. The standard InChI is InChI=1S/C21H23Cl2N3/c1-15-7-9-25(10-8-15)14-21-24-19-6-5-18(23)12-20(19)26(21)13-16-3-2-4-17(22)11-16/h2-6,11-12,15H,7-10,13-14H2,1H3. The number of piperidine rings is 1. The van der Waals surface area contributed by atoms with E-state index in [-0.39, 0.29) is 0 Å². The summed E-state index contributed by atoms with van der Waals surface area (Å²) >= 11 is 12.4. The quantitative estimate of drug-likeness (QED) is 0.578. The number of benzene rings is 2. The Bertz CT molecular complexity index is 911. The first-order valence-electron chi connectivity index (χ1n) is 9.20. The molecule has 0 unspecified atom stereocenters. The van der Waals surface area contributed by atoms with Gasteiger partial charge >= 0.3 is 0 Å². The summed E-state index contributed by atoms with van der Waals surface area (Å²) < 4.78 is 2.28. The molecule has 1 fully saturated rings. The summed E-state index contributed by atoms with van der Waals surface area (Å²) in [5, 5.41) is 1.50. The Morgan fingerprint density at radius 1 is 1.00 bits per heavy atom. The molecule has 3 nitrogen and oxygen atoms in total. The Hall–Kier alpha value is -1.55. The van der Waals surface area contributed by atoms with Gasteiger partial charge < -0.3 is 4.57 Å². The molecule has 5 heteroatoms. The zero-order valence-corrected chi connectivity index (χ0v) is 16.5. The largest absolute Gasteiger partial charge is 0.322 e. The molecule has 2 heterocycles. The number of fused-ring (bicyclic) bond motifs is 1. The van der Waals surface area contributed by atoms with Gasteiger partial charge in [0.25, 0.3) is 0 Å². The zero-order chi connectivity index (χ0) is 18.1. The molecule has 0 spiro atoms. The summed E-state index contributed by atoms with van der Waals surface area (Å²) in [7, 11) is 0. The fourth-order valence-electron chi connectivity index (χ4n) is 3.68. The molecule has 1 aromatic heterocycles. The Balaban J connectivity index is 1.69. The number of imidazole rings is 1. The minimum atomic E-state index is 0.739. The van der Waals surface area contributed by atoms with Crippen molar-refractivity contribution in [1.82, 2.24) is 14.5 Å². The zero-order valence-electron chi connectivity index (χ0n) is 15.0. The summed E-state index contributed by atoms with van der Waals surface area (Å²) in [6.45, 7) is 6.24. The van der Waals surface area contributed by atoms with E-state index < -0.39 is 0 Å². The Morgan fingerprint density at radius 3 is 2.54 bits per heavy atom. The lowest BCUT2D eigenvalue weighted by Crippen LogP contribution is -2.33. The third-order valence-electron chi connectivity index (χ3n) is 5.26. The highest BCUT2D eigenvalue weighted by atomic mass is 35.5. The van der Waals surface area contributed by atoms with Crippen LogP contribution in [0.5, 0.6) is 0 Å². The first-order chi connectivity index (χ1) is 12.6. The third kappa shape index (κ3) is 3.90. The van der Waals surface area contributed by atoms with E-state index in [1.807, 2.05) is 36.4 Å². The Kier molecular flexibility index (Phi) is 5.21. The SMILES string of the molecule is CC1CCN(Cc2nc3ccc(Cl)cc3n2Cc2cccc(Cl)c2)CC1. The van der Waals surface area contributed by atoms with Gasteiger partial charge in [-0.15, -0.1) is 0 Å². The molecule has 0 amide bonds. The van der Waals surface area contributed by atoms with Gasteiger partial charge in [-0.05, 0) is 67.7 Å². The van der Waals surface area contributed by atoms with Crippen LogP contribution in [0.4, 0.5) is 0 Å². The van der Waals surface area contributed by atoms with Gasteiger partial charge in [0.1, 0.15) is 5.82 Å². The van der Waals surface area contributed by atoms with E-state index in [0.29, 0.717) is 0 Å². The molecule has 0 N–H and O–H groups in total. The molecular formula is C21H23Cl2N3. The van der Waals surface area contributed by atoms with E-state index in [1.54, 1.807) is 0 Å². The van der Waals surface area contributed by atoms with Gasteiger partial charge in [0.2, 0.25) is 0 Å². The van der Waals surface area contributed by atoms with Crippen molar-refractivity contribution in [2.75, 3.05) is 13.1 Å². The summed E-state index contributed by atoms with van der Waals surface area (Å²) in [5.41, 5.74) is 3.25. The predicted octanol–water partition coefficient (Wildman–Crippen LogP) is 5.62. The molecule has 136 valence electrons.